The lowest BCUT2D eigenvalue weighted by molar-refractivity contribution is 0.309. The molecule has 0 radical (unpaired) electrons. The molecule has 6 heteroatoms. The first-order valence-corrected chi connectivity index (χ1v) is 13.7. The van der Waals surface area contributed by atoms with Crippen LogP contribution in [0.4, 0.5) is 11.4 Å². The van der Waals surface area contributed by atoms with Crippen LogP contribution in [0.1, 0.15) is 50.7 Å². The van der Waals surface area contributed by atoms with Gasteiger partial charge in [0.2, 0.25) is 0 Å². The standard InChI is InChI=1S/2C17H19NO2/c2*1-2-3-12-20-16-10-8-15(9-11-16)18-13-14-6-4-5-7-17(14)19/h2*4-11,13,19H,2-3,12H2,1H3. The Hall–Kier alpha value is -4.58. The van der Waals surface area contributed by atoms with Crippen LogP contribution in [-0.4, -0.2) is 35.9 Å². The maximum atomic E-state index is 9.64. The topological polar surface area (TPSA) is 83.6 Å². The summed E-state index contributed by atoms with van der Waals surface area (Å²) in [6.45, 7) is 5.77. The summed E-state index contributed by atoms with van der Waals surface area (Å²) < 4.78 is 11.2. The number of hydrogen-bond acceptors (Lipinski definition) is 6. The van der Waals surface area contributed by atoms with Gasteiger partial charge in [0, 0.05) is 23.6 Å². The zero-order chi connectivity index (χ0) is 28.4. The molecule has 2 N–H and O–H groups in total. The smallest absolute Gasteiger partial charge is 0.124 e. The van der Waals surface area contributed by atoms with E-state index in [2.05, 4.69) is 23.8 Å². The molecule has 0 bridgehead atoms. The molecule has 0 atom stereocenters. The van der Waals surface area contributed by atoms with Gasteiger partial charge in [-0.3, -0.25) is 9.98 Å². The number of phenols is 2. The van der Waals surface area contributed by atoms with Crippen molar-refractivity contribution < 1.29 is 19.7 Å². The Morgan fingerprint density at radius 2 is 0.925 bits per heavy atom. The third-order valence-corrected chi connectivity index (χ3v) is 5.79. The highest BCUT2D eigenvalue weighted by Gasteiger charge is 1.98. The average Bonchev–Trinajstić information content (AvgIpc) is 2.98. The van der Waals surface area contributed by atoms with Crippen LogP contribution >= 0.6 is 0 Å². The van der Waals surface area contributed by atoms with Crippen LogP contribution in [0.5, 0.6) is 23.0 Å². The molecule has 0 unspecified atom stereocenters. The number of para-hydroxylation sites is 2. The van der Waals surface area contributed by atoms with Gasteiger partial charge >= 0.3 is 0 Å². The van der Waals surface area contributed by atoms with Crippen molar-refractivity contribution in [2.75, 3.05) is 13.2 Å². The lowest BCUT2D eigenvalue weighted by atomic mass is 10.2. The molecule has 0 saturated heterocycles. The van der Waals surface area contributed by atoms with Gasteiger partial charge in [-0.15, -0.1) is 0 Å². The van der Waals surface area contributed by atoms with Gasteiger partial charge in [-0.2, -0.15) is 0 Å². The predicted octanol–water partition coefficient (Wildman–Crippen LogP) is 8.64. The first-order valence-electron chi connectivity index (χ1n) is 13.7. The number of aliphatic imine (C=N–C) groups is 2. The summed E-state index contributed by atoms with van der Waals surface area (Å²) in [7, 11) is 0. The molecule has 208 valence electrons. The van der Waals surface area contributed by atoms with Gasteiger partial charge in [0.1, 0.15) is 23.0 Å². The van der Waals surface area contributed by atoms with Crippen LogP contribution in [0, 0.1) is 0 Å². The molecule has 0 heterocycles. The molecule has 0 spiro atoms. The Labute approximate surface area is 237 Å². The first-order chi connectivity index (χ1) is 19.6. The van der Waals surface area contributed by atoms with E-state index in [9.17, 15) is 10.2 Å². The molecule has 6 nitrogen and oxygen atoms in total. The molecular weight excluding hydrogens is 500 g/mol. The van der Waals surface area contributed by atoms with Crippen molar-refractivity contribution in [2.45, 2.75) is 39.5 Å². The molecule has 4 aromatic carbocycles. The quantitative estimate of drug-likeness (QED) is 0.140. The molecule has 0 aliphatic carbocycles. The molecule has 4 aromatic rings. The Kier molecular flexibility index (Phi) is 12.8. The van der Waals surface area contributed by atoms with Crippen molar-refractivity contribution in [3.8, 4) is 23.0 Å². The minimum atomic E-state index is 0.232. The molecule has 0 aliphatic rings. The summed E-state index contributed by atoms with van der Waals surface area (Å²) in [6.07, 6.45) is 7.69. The van der Waals surface area contributed by atoms with Crippen molar-refractivity contribution in [3.63, 3.8) is 0 Å². The van der Waals surface area contributed by atoms with E-state index in [-0.39, 0.29) is 11.5 Å². The zero-order valence-corrected chi connectivity index (χ0v) is 23.2. The fourth-order valence-electron chi connectivity index (χ4n) is 3.41. The van der Waals surface area contributed by atoms with Crippen LogP contribution in [0.2, 0.25) is 0 Å². The van der Waals surface area contributed by atoms with Crippen LogP contribution < -0.4 is 9.47 Å². The molecule has 0 aliphatic heterocycles. The van der Waals surface area contributed by atoms with Crippen LogP contribution in [0.15, 0.2) is 107 Å². The molecule has 0 fully saturated rings. The summed E-state index contributed by atoms with van der Waals surface area (Å²) in [5.74, 6) is 2.19. The maximum absolute atomic E-state index is 9.64. The summed E-state index contributed by atoms with van der Waals surface area (Å²) in [6, 6.07) is 29.5. The van der Waals surface area contributed by atoms with E-state index in [0.717, 1.165) is 61.8 Å². The van der Waals surface area contributed by atoms with E-state index in [1.807, 2.05) is 72.8 Å². The fourth-order valence-corrected chi connectivity index (χ4v) is 3.41. The number of hydrogen-bond donors (Lipinski definition) is 2. The Morgan fingerprint density at radius 3 is 1.27 bits per heavy atom. The largest absolute Gasteiger partial charge is 0.507 e. The third kappa shape index (κ3) is 10.7. The lowest BCUT2D eigenvalue weighted by Gasteiger charge is -2.04. The van der Waals surface area contributed by atoms with Crippen LogP contribution in [0.25, 0.3) is 0 Å². The normalized spacial score (nSPS) is 10.8. The Balaban J connectivity index is 0.000000220. The minimum Gasteiger partial charge on any atom is -0.507 e. The van der Waals surface area contributed by atoms with E-state index in [1.54, 1.807) is 36.7 Å². The first kappa shape index (κ1) is 30.0. The van der Waals surface area contributed by atoms with Crippen molar-refractivity contribution >= 4 is 23.8 Å². The van der Waals surface area contributed by atoms with Gasteiger partial charge < -0.3 is 19.7 Å². The molecule has 0 amide bonds. The number of ether oxygens (including phenoxy) is 2. The minimum absolute atomic E-state index is 0.232. The van der Waals surface area contributed by atoms with Gasteiger partial charge in [-0.25, -0.2) is 0 Å². The zero-order valence-electron chi connectivity index (χ0n) is 23.2. The molecular formula is C34H38N2O4. The van der Waals surface area contributed by atoms with Gasteiger partial charge in [0.15, 0.2) is 0 Å². The second kappa shape index (κ2) is 17.1. The Bertz CT molecular complexity index is 1230. The van der Waals surface area contributed by atoms with E-state index < -0.39 is 0 Å². The predicted molar refractivity (Wildman–Crippen MR) is 164 cm³/mol. The van der Waals surface area contributed by atoms with E-state index in [4.69, 9.17) is 9.47 Å². The Morgan fingerprint density at radius 1 is 0.550 bits per heavy atom. The molecule has 0 saturated carbocycles. The SMILES string of the molecule is CCCCOc1ccc(N=Cc2ccccc2O)cc1.CCCCOc1ccc(N=Cc2ccccc2O)cc1. The fraction of sp³-hybridized carbons (Fsp3) is 0.235. The van der Waals surface area contributed by atoms with Crippen LogP contribution in [0.3, 0.4) is 0 Å². The van der Waals surface area contributed by atoms with Gasteiger partial charge in [-0.05, 0) is 85.6 Å². The average molecular weight is 539 g/mol. The summed E-state index contributed by atoms with van der Waals surface area (Å²) in [4.78, 5) is 8.67. The highest BCUT2D eigenvalue weighted by molar-refractivity contribution is 5.85. The molecule has 0 aromatic heterocycles. The number of rotatable bonds is 12. The highest BCUT2D eigenvalue weighted by Crippen LogP contribution is 2.21. The second-order valence-corrected chi connectivity index (χ2v) is 9.03. The lowest BCUT2D eigenvalue weighted by Crippen LogP contribution is -1.95. The number of unbranched alkanes of at least 4 members (excludes halogenated alkanes) is 2. The van der Waals surface area contributed by atoms with Crippen molar-refractivity contribution in [1.82, 2.24) is 0 Å². The number of nitrogens with zero attached hydrogens (tertiary/aromatic N) is 2. The van der Waals surface area contributed by atoms with E-state index in [0.29, 0.717) is 11.1 Å². The maximum Gasteiger partial charge on any atom is 0.124 e. The van der Waals surface area contributed by atoms with Gasteiger partial charge in [-0.1, -0.05) is 51.0 Å². The molecule has 40 heavy (non-hydrogen) atoms. The number of aromatic hydroxyl groups is 2. The van der Waals surface area contributed by atoms with E-state index in [1.165, 1.54) is 0 Å². The van der Waals surface area contributed by atoms with Crippen LogP contribution in [-0.2, 0) is 0 Å². The van der Waals surface area contributed by atoms with Gasteiger partial charge in [0.25, 0.3) is 0 Å². The van der Waals surface area contributed by atoms with Crippen molar-refractivity contribution in [1.29, 1.82) is 0 Å². The summed E-state index contributed by atoms with van der Waals surface area (Å²) in [5.41, 5.74) is 3.07. The van der Waals surface area contributed by atoms with Crippen molar-refractivity contribution in [3.05, 3.63) is 108 Å². The monoisotopic (exact) mass is 538 g/mol. The van der Waals surface area contributed by atoms with Crippen molar-refractivity contribution in [2.24, 2.45) is 9.98 Å². The highest BCUT2D eigenvalue weighted by atomic mass is 16.5. The molecule has 4 rings (SSSR count). The summed E-state index contributed by atoms with van der Waals surface area (Å²) >= 11 is 0. The van der Waals surface area contributed by atoms with Gasteiger partial charge in [0.05, 0.1) is 24.6 Å². The summed E-state index contributed by atoms with van der Waals surface area (Å²) in [5, 5.41) is 19.3. The number of benzene rings is 4. The number of phenolic OH excluding ortho intramolecular Hbond substituents is 2. The second-order valence-electron chi connectivity index (χ2n) is 9.03. The van der Waals surface area contributed by atoms with E-state index >= 15 is 0 Å². The third-order valence-electron chi connectivity index (χ3n) is 5.79.